The predicted molar refractivity (Wildman–Crippen MR) is 76.8 cm³/mol. The van der Waals surface area contributed by atoms with E-state index in [1.165, 1.54) is 19.1 Å². The maximum absolute atomic E-state index is 12.4. The molecule has 1 rings (SSSR count). The molecule has 0 unspecified atom stereocenters. The van der Waals surface area contributed by atoms with Crippen LogP contribution in [-0.4, -0.2) is 38.7 Å². The number of carbonyl (C=O) groups excluding carboxylic acids is 2. The minimum Gasteiger partial charge on any atom is -0.467 e. The van der Waals surface area contributed by atoms with Gasteiger partial charge >= 0.3 is 5.97 Å². The lowest BCUT2D eigenvalue weighted by molar-refractivity contribution is -0.143. The highest BCUT2D eigenvalue weighted by Crippen LogP contribution is 2.27. The lowest BCUT2D eigenvalue weighted by Gasteiger charge is -2.30. The molecule has 5 nitrogen and oxygen atoms in total. The maximum atomic E-state index is 12.4. The van der Waals surface area contributed by atoms with E-state index in [-0.39, 0.29) is 12.5 Å². The van der Waals surface area contributed by atoms with Gasteiger partial charge in [-0.25, -0.2) is 4.79 Å². The number of carbonyl (C=O) groups is 2. The molecular formula is C15H21NO4. The number of para-hydroxylation sites is 1. The van der Waals surface area contributed by atoms with Crippen molar-refractivity contribution in [2.45, 2.75) is 26.8 Å². The topological polar surface area (TPSA) is 55.8 Å². The Morgan fingerprint density at radius 1 is 1.35 bits per heavy atom. The summed E-state index contributed by atoms with van der Waals surface area (Å²) < 4.78 is 17.5. The number of ether oxygens (including phenoxy) is 2. The summed E-state index contributed by atoms with van der Waals surface area (Å²) in [5, 5.41) is 0. The molecule has 0 N–H and O–H groups in total. The number of esters is 1. The van der Waals surface area contributed by atoms with Gasteiger partial charge in [0, 0.05) is 7.11 Å². The molecule has 1 aromatic rings. The fourth-order valence-corrected chi connectivity index (χ4v) is 2.11. The number of hydrogen-bond donors (Lipinski definition) is 0. The zero-order chi connectivity index (χ0) is 16.2. The van der Waals surface area contributed by atoms with Crippen LogP contribution in [0, 0.1) is 13.8 Å². The van der Waals surface area contributed by atoms with Crippen LogP contribution in [0.1, 0.15) is 19.4 Å². The maximum Gasteiger partial charge on any atom is 0.328 e. The fraction of sp³-hybridized carbons (Fsp3) is 0.467. The molecule has 110 valence electrons. The second-order valence-electron chi connectivity index (χ2n) is 4.53. The van der Waals surface area contributed by atoms with Gasteiger partial charge in [0.25, 0.3) is 5.91 Å². The summed E-state index contributed by atoms with van der Waals surface area (Å²) in [6.45, 7) is 5.03. The summed E-state index contributed by atoms with van der Waals surface area (Å²) in [6.07, 6.45) is 0. The van der Waals surface area contributed by atoms with Crippen LogP contribution < -0.4 is 4.90 Å². The molecule has 1 amide bonds. The zero-order valence-corrected chi connectivity index (χ0v) is 12.5. The Kier molecular flexibility index (Phi) is 5.12. The van der Waals surface area contributed by atoms with Crippen LogP contribution in [0.25, 0.3) is 0 Å². The van der Waals surface area contributed by atoms with Crippen LogP contribution in [0.3, 0.4) is 0 Å². The van der Waals surface area contributed by atoms with Crippen molar-refractivity contribution in [3.05, 3.63) is 29.3 Å². The second kappa shape index (κ2) is 7.05. The first-order chi connectivity index (χ1) is 9.84. The van der Waals surface area contributed by atoms with E-state index in [2.05, 4.69) is 0 Å². The normalized spacial score (nSPS) is 12.6. The highest BCUT2D eigenvalue weighted by molar-refractivity contribution is 6.01. The van der Waals surface area contributed by atoms with Gasteiger partial charge in [-0.2, -0.15) is 0 Å². The zero-order valence-electron chi connectivity index (χ0n) is 13.5. The Morgan fingerprint density at radius 3 is 2.55 bits per heavy atom. The van der Waals surface area contributed by atoms with E-state index in [0.29, 0.717) is 17.3 Å². The first kappa shape index (κ1) is 14.5. The molecule has 0 spiro atoms. The molecule has 0 aliphatic carbocycles. The Labute approximate surface area is 120 Å². The van der Waals surface area contributed by atoms with E-state index in [1.807, 2.05) is 6.92 Å². The standard InChI is InChI=1S/C15H21NO4/c1-10-7-6-8-11(2)14(10)16(13(17)9-19-4)12(3)15(18)20-5/h6-8,12H,9H2,1-5H3/t12-/m0/s1/i7D. The van der Waals surface area contributed by atoms with Gasteiger partial charge in [-0.1, -0.05) is 18.2 Å². The lowest BCUT2D eigenvalue weighted by atomic mass is 10.1. The van der Waals surface area contributed by atoms with E-state index < -0.39 is 12.0 Å². The van der Waals surface area contributed by atoms with Crippen molar-refractivity contribution in [2.24, 2.45) is 0 Å². The molecule has 0 saturated carbocycles. The molecule has 1 atom stereocenters. The number of methoxy groups -OCH3 is 2. The summed E-state index contributed by atoms with van der Waals surface area (Å²) in [5.41, 5.74) is 2.00. The van der Waals surface area contributed by atoms with Crippen LogP contribution in [0.2, 0.25) is 0 Å². The Hall–Kier alpha value is -1.88. The highest BCUT2D eigenvalue weighted by Gasteiger charge is 2.29. The molecule has 0 heterocycles. The summed E-state index contributed by atoms with van der Waals surface area (Å²) >= 11 is 0. The van der Waals surface area contributed by atoms with E-state index in [4.69, 9.17) is 10.8 Å². The summed E-state index contributed by atoms with van der Waals surface area (Å²) in [7, 11) is 2.69. The molecular weight excluding hydrogens is 258 g/mol. The molecule has 0 radical (unpaired) electrons. The van der Waals surface area contributed by atoms with Gasteiger partial charge < -0.3 is 9.47 Å². The molecule has 1 aromatic carbocycles. The first-order valence-electron chi connectivity index (χ1n) is 6.80. The third kappa shape index (κ3) is 3.36. The van der Waals surface area contributed by atoms with Crippen LogP contribution in [-0.2, 0) is 19.1 Å². The SMILES string of the molecule is [2H]c1ccc(C)c(N(C(=O)COC)[C@@H](C)C(=O)OC)c1C. The molecule has 0 aliphatic rings. The fourth-order valence-electron chi connectivity index (χ4n) is 2.11. The van der Waals surface area contributed by atoms with Crippen molar-refractivity contribution >= 4 is 17.6 Å². The average Bonchev–Trinajstić information content (AvgIpc) is 2.46. The Balaban J connectivity index is 3.41. The van der Waals surface area contributed by atoms with E-state index >= 15 is 0 Å². The van der Waals surface area contributed by atoms with Gasteiger partial charge in [0.1, 0.15) is 12.6 Å². The van der Waals surface area contributed by atoms with Gasteiger partial charge in [0.2, 0.25) is 0 Å². The van der Waals surface area contributed by atoms with Gasteiger partial charge in [0.15, 0.2) is 0 Å². The summed E-state index contributed by atoms with van der Waals surface area (Å²) in [5.74, 6) is -0.874. The summed E-state index contributed by atoms with van der Waals surface area (Å²) in [6, 6.07) is 2.93. The third-order valence-electron chi connectivity index (χ3n) is 3.07. The minimum atomic E-state index is -0.795. The van der Waals surface area contributed by atoms with Crippen LogP contribution in [0.15, 0.2) is 18.2 Å². The van der Waals surface area contributed by atoms with Crippen molar-refractivity contribution in [2.75, 3.05) is 25.7 Å². The molecule has 20 heavy (non-hydrogen) atoms. The quantitative estimate of drug-likeness (QED) is 0.772. The predicted octanol–water partition coefficient (Wildman–Crippen LogP) is 1.84. The third-order valence-corrected chi connectivity index (χ3v) is 3.07. The van der Waals surface area contributed by atoms with Gasteiger partial charge in [-0.3, -0.25) is 9.69 Å². The largest absolute Gasteiger partial charge is 0.467 e. The molecule has 0 bridgehead atoms. The molecule has 5 heteroatoms. The number of anilines is 1. The van der Waals surface area contributed by atoms with Crippen LogP contribution >= 0.6 is 0 Å². The molecule has 0 fully saturated rings. The number of aryl methyl sites for hydroxylation is 1. The molecule has 0 saturated heterocycles. The van der Waals surface area contributed by atoms with Gasteiger partial charge in [-0.15, -0.1) is 0 Å². The number of benzene rings is 1. The molecule has 0 aromatic heterocycles. The van der Waals surface area contributed by atoms with Crippen molar-refractivity contribution in [1.29, 1.82) is 0 Å². The van der Waals surface area contributed by atoms with E-state index in [0.717, 1.165) is 5.56 Å². The second-order valence-corrected chi connectivity index (χ2v) is 4.53. The Bertz CT molecular complexity index is 545. The lowest BCUT2D eigenvalue weighted by Crippen LogP contribution is -2.46. The number of hydrogen-bond acceptors (Lipinski definition) is 4. The average molecular weight is 280 g/mol. The van der Waals surface area contributed by atoms with Crippen molar-refractivity contribution in [3.8, 4) is 0 Å². The molecule has 0 aliphatic heterocycles. The summed E-state index contributed by atoms with van der Waals surface area (Å²) in [4.78, 5) is 25.5. The minimum absolute atomic E-state index is 0.150. The van der Waals surface area contributed by atoms with Crippen LogP contribution in [0.5, 0.6) is 0 Å². The van der Waals surface area contributed by atoms with Gasteiger partial charge in [0.05, 0.1) is 14.2 Å². The number of nitrogens with zero attached hydrogens (tertiary/aromatic N) is 1. The van der Waals surface area contributed by atoms with E-state index in [9.17, 15) is 9.59 Å². The van der Waals surface area contributed by atoms with Crippen molar-refractivity contribution in [1.82, 2.24) is 0 Å². The highest BCUT2D eigenvalue weighted by atomic mass is 16.5. The number of rotatable bonds is 5. The van der Waals surface area contributed by atoms with Crippen molar-refractivity contribution < 1.29 is 20.4 Å². The van der Waals surface area contributed by atoms with Crippen molar-refractivity contribution in [3.63, 3.8) is 0 Å². The number of amides is 1. The smallest absolute Gasteiger partial charge is 0.328 e. The van der Waals surface area contributed by atoms with Gasteiger partial charge in [-0.05, 0) is 31.9 Å². The van der Waals surface area contributed by atoms with Crippen LogP contribution in [0.4, 0.5) is 5.69 Å². The monoisotopic (exact) mass is 280 g/mol. The first-order valence-corrected chi connectivity index (χ1v) is 6.30. The van der Waals surface area contributed by atoms with E-state index in [1.54, 1.807) is 26.0 Å². The Morgan fingerprint density at radius 2 is 2.00 bits per heavy atom.